The minimum Gasteiger partial charge on any atom is -0.358 e. The first kappa shape index (κ1) is 16.3. The first-order chi connectivity index (χ1) is 9.32. The molecule has 0 radical (unpaired) electrons. The fraction of sp³-hybridized carbons (Fsp3) is 0.385. The van der Waals surface area contributed by atoms with Crippen molar-refractivity contribution in [2.75, 3.05) is 20.6 Å². The molecule has 7 heteroatoms. The molecule has 1 N–H and O–H groups in total. The summed E-state index contributed by atoms with van der Waals surface area (Å²) < 4.78 is 25.5. The summed E-state index contributed by atoms with van der Waals surface area (Å²) >= 11 is 0. The number of nitrogens with zero attached hydrogens (tertiary/aromatic N) is 1. The van der Waals surface area contributed by atoms with E-state index in [9.17, 15) is 18.0 Å². The van der Waals surface area contributed by atoms with Gasteiger partial charge in [0.1, 0.15) is 0 Å². The van der Waals surface area contributed by atoms with Gasteiger partial charge >= 0.3 is 0 Å². The maximum Gasteiger partial charge on any atom is 0.243 e. The van der Waals surface area contributed by atoms with Gasteiger partial charge in [-0.2, -0.15) is 4.31 Å². The fourth-order valence-corrected chi connectivity index (χ4v) is 2.75. The lowest BCUT2D eigenvalue weighted by molar-refractivity contribution is -0.120. The normalized spacial score (nSPS) is 11.4. The molecule has 1 aromatic carbocycles. The molecule has 1 aromatic rings. The average molecular weight is 298 g/mol. The standard InChI is InChI=1S/C13H18N2O4S/c1-4-12(16)10-6-5-7-11(8-10)20(18,19)15(3)9-13(17)14-2/h5-8H,4,9H2,1-3H3,(H,14,17). The molecule has 20 heavy (non-hydrogen) atoms. The van der Waals surface area contributed by atoms with Crippen LogP contribution in [0.15, 0.2) is 29.2 Å². The van der Waals surface area contributed by atoms with Gasteiger partial charge in [0.05, 0.1) is 11.4 Å². The number of hydrogen-bond donors (Lipinski definition) is 1. The van der Waals surface area contributed by atoms with Crippen molar-refractivity contribution < 1.29 is 18.0 Å². The van der Waals surface area contributed by atoms with E-state index in [0.717, 1.165) is 4.31 Å². The zero-order valence-electron chi connectivity index (χ0n) is 11.7. The van der Waals surface area contributed by atoms with Gasteiger partial charge in [-0.1, -0.05) is 19.1 Å². The predicted octanol–water partition coefficient (Wildman–Crippen LogP) is 0.646. The molecule has 0 saturated carbocycles. The predicted molar refractivity (Wildman–Crippen MR) is 74.9 cm³/mol. The van der Waals surface area contributed by atoms with Gasteiger partial charge in [0.25, 0.3) is 0 Å². The first-order valence-corrected chi connectivity index (χ1v) is 7.57. The quantitative estimate of drug-likeness (QED) is 0.781. The van der Waals surface area contributed by atoms with E-state index < -0.39 is 15.9 Å². The number of hydrogen-bond acceptors (Lipinski definition) is 4. The van der Waals surface area contributed by atoms with Gasteiger partial charge in [-0.15, -0.1) is 0 Å². The minimum atomic E-state index is -3.79. The Hall–Kier alpha value is -1.73. The Bertz CT molecular complexity index is 611. The third-order valence-corrected chi connectivity index (χ3v) is 4.63. The van der Waals surface area contributed by atoms with Gasteiger partial charge in [-0.25, -0.2) is 8.42 Å². The van der Waals surface area contributed by atoms with Crippen LogP contribution in [0.25, 0.3) is 0 Å². The van der Waals surface area contributed by atoms with Crippen molar-refractivity contribution in [1.82, 2.24) is 9.62 Å². The fourth-order valence-electron chi connectivity index (χ4n) is 1.58. The molecule has 0 aromatic heterocycles. The van der Waals surface area contributed by atoms with Crippen molar-refractivity contribution in [3.8, 4) is 0 Å². The van der Waals surface area contributed by atoms with E-state index in [2.05, 4.69) is 5.32 Å². The zero-order chi connectivity index (χ0) is 15.3. The summed E-state index contributed by atoms with van der Waals surface area (Å²) in [6.45, 7) is 1.44. The van der Waals surface area contributed by atoms with Crippen LogP contribution in [-0.4, -0.2) is 45.1 Å². The Morgan fingerprint density at radius 1 is 1.30 bits per heavy atom. The zero-order valence-corrected chi connectivity index (χ0v) is 12.5. The number of carbonyl (C=O) groups excluding carboxylic acids is 2. The first-order valence-electron chi connectivity index (χ1n) is 6.13. The molecule has 1 rings (SSSR count). The Kier molecular flexibility index (Phi) is 5.41. The highest BCUT2D eigenvalue weighted by molar-refractivity contribution is 7.89. The van der Waals surface area contributed by atoms with Crippen molar-refractivity contribution >= 4 is 21.7 Å². The van der Waals surface area contributed by atoms with E-state index in [4.69, 9.17) is 0 Å². The van der Waals surface area contributed by atoms with Crippen LogP contribution in [0, 0.1) is 0 Å². The number of carbonyl (C=O) groups is 2. The lowest BCUT2D eigenvalue weighted by Crippen LogP contribution is -2.36. The number of sulfonamides is 1. The van der Waals surface area contributed by atoms with Crippen LogP contribution in [0.5, 0.6) is 0 Å². The molecule has 0 aliphatic rings. The number of rotatable bonds is 6. The van der Waals surface area contributed by atoms with Gasteiger partial charge in [0, 0.05) is 26.1 Å². The minimum absolute atomic E-state index is 0.00297. The summed E-state index contributed by atoms with van der Waals surface area (Å²) in [5.41, 5.74) is 0.349. The van der Waals surface area contributed by atoms with Gasteiger partial charge in [-0.3, -0.25) is 9.59 Å². The highest BCUT2D eigenvalue weighted by Gasteiger charge is 2.23. The van der Waals surface area contributed by atoms with Crippen LogP contribution in [0.2, 0.25) is 0 Å². The Labute approximate surface area is 118 Å². The van der Waals surface area contributed by atoms with E-state index in [1.54, 1.807) is 13.0 Å². The maximum absolute atomic E-state index is 12.3. The van der Waals surface area contributed by atoms with Crippen molar-refractivity contribution in [3.05, 3.63) is 29.8 Å². The third kappa shape index (κ3) is 3.64. The van der Waals surface area contributed by atoms with Crippen LogP contribution >= 0.6 is 0 Å². The summed E-state index contributed by atoms with van der Waals surface area (Å²) in [6.07, 6.45) is 0.303. The van der Waals surface area contributed by atoms with E-state index in [-0.39, 0.29) is 17.2 Å². The van der Waals surface area contributed by atoms with Gasteiger partial charge in [-0.05, 0) is 12.1 Å². The third-order valence-electron chi connectivity index (χ3n) is 2.83. The molecule has 0 unspecified atom stereocenters. The van der Waals surface area contributed by atoms with Gasteiger partial charge < -0.3 is 5.32 Å². The van der Waals surface area contributed by atoms with E-state index in [1.807, 2.05) is 0 Å². The Balaban J connectivity index is 3.09. The van der Waals surface area contributed by atoms with Crippen LogP contribution in [0.3, 0.4) is 0 Å². The van der Waals surface area contributed by atoms with E-state index in [0.29, 0.717) is 12.0 Å². The second-order valence-corrected chi connectivity index (χ2v) is 6.28. The molecule has 0 heterocycles. The molecule has 0 aliphatic carbocycles. The lowest BCUT2D eigenvalue weighted by atomic mass is 10.1. The second-order valence-electron chi connectivity index (χ2n) is 4.24. The molecule has 0 bridgehead atoms. The van der Waals surface area contributed by atoms with Crippen molar-refractivity contribution in [1.29, 1.82) is 0 Å². The molecule has 110 valence electrons. The molecule has 0 spiro atoms. The highest BCUT2D eigenvalue weighted by Crippen LogP contribution is 2.16. The maximum atomic E-state index is 12.3. The molecule has 0 saturated heterocycles. The van der Waals surface area contributed by atoms with Crippen LogP contribution in [0.1, 0.15) is 23.7 Å². The molecule has 0 atom stereocenters. The smallest absolute Gasteiger partial charge is 0.243 e. The van der Waals surface area contributed by atoms with Gasteiger partial charge in [0.15, 0.2) is 5.78 Å². The summed E-state index contributed by atoms with van der Waals surface area (Å²) in [4.78, 5) is 22.9. The number of benzene rings is 1. The number of ketones is 1. The van der Waals surface area contributed by atoms with Crippen molar-refractivity contribution in [3.63, 3.8) is 0 Å². The SMILES string of the molecule is CCC(=O)c1cccc(S(=O)(=O)N(C)CC(=O)NC)c1. The monoisotopic (exact) mass is 298 g/mol. The van der Waals surface area contributed by atoms with Crippen LogP contribution in [-0.2, 0) is 14.8 Å². The molecular formula is C13H18N2O4S. The summed E-state index contributed by atoms with van der Waals surface area (Å²) in [6, 6.07) is 5.83. The highest BCUT2D eigenvalue weighted by atomic mass is 32.2. The van der Waals surface area contributed by atoms with E-state index >= 15 is 0 Å². The molecule has 0 fully saturated rings. The summed E-state index contributed by atoms with van der Waals surface area (Å²) in [7, 11) is -1.04. The summed E-state index contributed by atoms with van der Waals surface area (Å²) in [5, 5.41) is 2.36. The number of nitrogens with one attached hydrogen (secondary N) is 1. The average Bonchev–Trinajstić information content (AvgIpc) is 2.46. The van der Waals surface area contributed by atoms with Crippen LogP contribution in [0.4, 0.5) is 0 Å². The largest absolute Gasteiger partial charge is 0.358 e. The number of Topliss-reactive ketones (excluding diaryl/α,β-unsaturated/α-hetero) is 1. The van der Waals surface area contributed by atoms with Gasteiger partial charge in [0.2, 0.25) is 15.9 Å². The van der Waals surface area contributed by atoms with Crippen molar-refractivity contribution in [2.45, 2.75) is 18.2 Å². The van der Waals surface area contributed by atoms with E-state index in [1.165, 1.54) is 32.3 Å². The van der Waals surface area contributed by atoms with Crippen molar-refractivity contribution in [2.24, 2.45) is 0 Å². The molecule has 6 nitrogen and oxygen atoms in total. The lowest BCUT2D eigenvalue weighted by Gasteiger charge is -2.16. The molecule has 1 amide bonds. The number of likely N-dealkylation sites (N-methyl/N-ethyl adjacent to an activating group) is 2. The molecular weight excluding hydrogens is 280 g/mol. The molecule has 0 aliphatic heterocycles. The van der Waals surface area contributed by atoms with Crippen LogP contribution < -0.4 is 5.32 Å². The Morgan fingerprint density at radius 2 is 1.95 bits per heavy atom. The summed E-state index contributed by atoms with van der Waals surface area (Å²) in [5.74, 6) is -0.534. The number of amides is 1. The second kappa shape index (κ2) is 6.62. The topological polar surface area (TPSA) is 83.6 Å². The Morgan fingerprint density at radius 3 is 2.50 bits per heavy atom.